The zero-order valence-corrected chi connectivity index (χ0v) is 11.6. The van der Waals surface area contributed by atoms with Gasteiger partial charge in [0, 0.05) is 17.3 Å². The Labute approximate surface area is 116 Å². The smallest absolute Gasteiger partial charge is 0.244 e. The van der Waals surface area contributed by atoms with Crippen LogP contribution in [-0.4, -0.2) is 25.6 Å². The van der Waals surface area contributed by atoms with Crippen molar-refractivity contribution < 1.29 is 18.3 Å². The summed E-state index contributed by atoms with van der Waals surface area (Å²) in [7, 11) is -2.75. The predicted molar refractivity (Wildman–Crippen MR) is 73.5 cm³/mol. The van der Waals surface area contributed by atoms with Crippen molar-refractivity contribution >= 4 is 10.0 Å². The Bertz CT molecular complexity index is 715. The van der Waals surface area contributed by atoms with Gasteiger partial charge in [0.1, 0.15) is 0 Å². The summed E-state index contributed by atoms with van der Waals surface area (Å²) in [5, 5.41) is 14.7. The number of primary sulfonamides is 1. The van der Waals surface area contributed by atoms with Crippen LogP contribution in [0.2, 0.25) is 0 Å². The molecule has 0 aliphatic rings. The molecule has 0 unspecified atom stereocenters. The van der Waals surface area contributed by atoms with Crippen LogP contribution in [0, 0.1) is 0 Å². The van der Waals surface area contributed by atoms with Gasteiger partial charge >= 0.3 is 0 Å². The summed E-state index contributed by atoms with van der Waals surface area (Å²) in [6, 6.07) is 8.77. The Kier molecular flexibility index (Phi) is 4.03. The lowest BCUT2D eigenvalue weighted by Gasteiger charge is -2.14. The van der Waals surface area contributed by atoms with Crippen molar-refractivity contribution in [1.82, 2.24) is 4.98 Å². The van der Waals surface area contributed by atoms with E-state index in [1.807, 2.05) is 0 Å². The molecule has 1 heterocycles. The molecule has 0 spiro atoms. The lowest BCUT2D eigenvalue weighted by molar-refractivity contribution is 0.281. The highest BCUT2D eigenvalue weighted by atomic mass is 32.2. The third-order valence-corrected chi connectivity index (χ3v) is 3.74. The van der Waals surface area contributed by atoms with Gasteiger partial charge in [0.25, 0.3) is 0 Å². The molecule has 0 fully saturated rings. The minimum atomic E-state index is -4.06. The highest BCUT2D eigenvalue weighted by Gasteiger charge is 2.25. The molecule has 20 heavy (non-hydrogen) atoms. The zero-order chi connectivity index (χ0) is 14.8. The maximum absolute atomic E-state index is 11.9. The number of nitrogens with zero attached hydrogens (tertiary/aromatic N) is 1. The zero-order valence-electron chi connectivity index (χ0n) is 10.8. The minimum absolute atomic E-state index is 0.0939. The van der Waals surface area contributed by atoms with Gasteiger partial charge in [0.2, 0.25) is 15.9 Å². The molecule has 7 heteroatoms. The highest BCUT2D eigenvalue weighted by molar-refractivity contribution is 7.89. The molecular weight excluding hydrogens is 280 g/mol. The van der Waals surface area contributed by atoms with Crippen LogP contribution < -0.4 is 9.88 Å². The summed E-state index contributed by atoms with van der Waals surface area (Å²) in [5.41, 5.74) is 1.28. The fourth-order valence-electron chi connectivity index (χ4n) is 1.96. The first-order valence-electron chi connectivity index (χ1n) is 5.74. The van der Waals surface area contributed by atoms with Crippen LogP contribution in [0.1, 0.15) is 5.56 Å². The van der Waals surface area contributed by atoms with Crippen LogP contribution in [0.15, 0.2) is 41.4 Å². The second-order valence-corrected chi connectivity index (χ2v) is 5.56. The normalized spacial score (nSPS) is 11.3. The van der Waals surface area contributed by atoms with Crippen molar-refractivity contribution in [3.05, 3.63) is 42.1 Å². The molecule has 0 radical (unpaired) electrons. The number of ether oxygens (including phenoxy) is 1. The molecule has 6 nitrogen and oxygen atoms in total. The van der Waals surface area contributed by atoms with Gasteiger partial charge in [0.05, 0.1) is 13.7 Å². The van der Waals surface area contributed by atoms with Gasteiger partial charge in [-0.1, -0.05) is 30.3 Å². The molecule has 0 amide bonds. The van der Waals surface area contributed by atoms with Crippen molar-refractivity contribution in [1.29, 1.82) is 0 Å². The summed E-state index contributed by atoms with van der Waals surface area (Å²) >= 11 is 0. The van der Waals surface area contributed by atoms with Crippen molar-refractivity contribution in [3.63, 3.8) is 0 Å². The molecule has 1 aromatic carbocycles. The topological polar surface area (TPSA) is 103 Å². The number of aliphatic hydroxyl groups excluding tert-OH is 1. The van der Waals surface area contributed by atoms with Gasteiger partial charge in [-0.05, 0) is 5.56 Å². The first kappa shape index (κ1) is 14.4. The number of sulfonamides is 1. The number of benzene rings is 1. The van der Waals surface area contributed by atoms with E-state index in [4.69, 9.17) is 9.88 Å². The predicted octanol–water partition coefficient (Wildman–Crippen LogP) is 0.897. The molecule has 0 saturated carbocycles. The average molecular weight is 294 g/mol. The standard InChI is InChI=1S/C13H14N2O4S/c1-19-13-12(20(14,17)18)11(10(8-16)7-15-13)9-5-3-2-4-6-9/h2-7,16H,8H2,1H3,(H2,14,17,18). The molecule has 0 atom stereocenters. The first-order chi connectivity index (χ1) is 9.49. The number of rotatable bonds is 4. The van der Waals surface area contributed by atoms with E-state index in [9.17, 15) is 13.5 Å². The van der Waals surface area contributed by atoms with E-state index in [1.54, 1.807) is 30.3 Å². The SMILES string of the molecule is COc1ncc(CO)c(-c2ccccc2)c1S(N)(=O)=O. The maximum atomic E-state index is 11.9. The van der Waals surface area contributed by atoms with E-state index >= 15 is 0 Å². The lowest BCUT2D eigenvalue weighted by Crippen LogP contribution is -2.16. The number of aromatic nitrogens is 1. The molecule has 106 valence electrons. The molecule has 0 saturated heterocycles. The second kappa shape index (κ2) is 5.58. The second-order valence-electron chi connectivity index (χ2n) is 4.07. The maximum Gasteiger partial charge on any atom is 0.244 e. The van der Waals surface area contributed by atoms with Gasteiger partial charge in [-0.25, -0.2) is 18.5 Å². The molecule has 0 aliphatic heterocycles. The largest absolute Gasteiger partial charge is 0.480 e. The van der Waals surface area contributed by atoms with Gasteiger partial charge in [-0.3, -0.25) is 0 Å². The van der Waals surface area contributed by atoms with Gasteiger partial charge in [-0.2, -0.15) is 0 Å². The summed E-state index contributed by atoms with van der Waals surface area (Å²) in [5.74, 6) is -0.0939. The Balaban J connectivity index is 2.89. The van der Waals surface area contributed by atoms with E-state index in [0.717, 1.165) is 0 Å². The molecule has 3 N–H and O–H groups in total. The monoisotopic (exact) mass is 294 g/mol. The molecule has 0 aliphatic carbocycles. The quantitative estimate of drug-likeness (QED) is 0.872. The summed E-state index contributed by atoms with van der Waals surface area (Å²) < 4.78 is 28.7. The molecule has 2 aromatic rings. The van der Waals surface area contributed by atoms with Crippen LogP contribution >= 0.6 is 0 Å². The van der Waals surface area contributed by atoms with Crippen molar-refractivity contribution in [2.75, 3.05) is 7.11 Å². The van der Waals surface area contributed by atoms with Crippen LogP contribution in [0.25, 0.3) is 11.1 Å². The fraction of sp³-hybridized carbons (Fsp3) is 0.154. The Morgan fingerprint density at radius 2 is 1.95 bits per heavy atom. The van der Waals surface area contributed by atoms with Crippen molar-refractivity contribution in [3.8, 4) is 17.0 Å². The van der Waals surface area contributed by atoms with Crippen molar-refractivity contribution in [2.24, 2.45) is 5.14 Å². The highest BCUT2D eigenvalue weighted by Crippen LogP contribution is 2.35. The third kappa shape index (κ3) is 2.64. The van der Waals surface area contributed by atoms with Crippen molar-refractivity contribution in [2.45, 2.75) is 11.5 Å². The van der Waals surface area contributed by atoms with Gasteiger partial charge < -0.3 is 9.84 Å². The van der Waals surface area contributed by atoms with E-state index in [0.29, 0.717) is 16.7 Å². The van der Waals surface area contributed by atoms with E-state index < -0.39 is 10.0 Å². The Hall–Kier alpha value is -1.96. The fourth-order valence-corrected chi connectivity index (χ4v) is 2.88. The lowest BCUT2D eigenvalue weighted by atomic mass is 10.0. The molecule has 0 bridgehead atoms. The molecule has 2 rings (SSSR count). The first-order valence-corrected chi connectivity index (χ1v) is 7.28. The number of aliphatic hydroxyl groups is 1. The molecule has 1 aromatic heterocycles. The Morgan fingerprint density at radius 1 is 1.30 bits per heavy atom. The van der Waals surface area contributed by atoms with E-state index in [1.165, 1.54) is 13.3 Å². The van der Waals surface area contributed by atoms with Crippen LogP contribution in [0.5, 0.6) is 5.88 Å². The third-order valence-electron chi connectivity index (χ3n) is 2.79. The number of hydrogen-bond acceptors (Lipinski definition) is 5. The van der Waals surface area contributed by atoms with Crippen LogP contribution in [-0.2, 0) is 16.6 Å². The van der Waals surface area contributed by atoms with E-state index in [2.05, 4.69) is 4.98 Å². The summed E-state index contributed by atoms with van der Waals surface area (Å²) in [6.07, 6.45) is 1.37. The molecular formula is C13H14N2O4S. The average Bonchev–Trinajstić information content (AvgIpc) is 2.45. The van der Waals surface area contributed by atoms with Crippen LogP contribution in [0.4, 0.5) is 0 Å². The summed E-state index contributed by atoms with van der Waals surface area (Å²) in [6.45, 7) is -0.357. The van der Waals surface area contributed by atoms with Gasteiger partial charge in [0.15, 0.2) is 4.90 Å². The minimum Gasteiger partial charge on any atom is -0.480 e. The van der Waals surface area contributed by atoms with Gasteiger partial charge in [-0.15, -0.1) is 0 Å². The summed E-state index contributed by atoms with van der Waals surface area (Å²) in [4.78, 5) is 3.65. The van der Waals surface area contributed by atoms with E-state index in [-0.39, 0.29) is 17.4 Å². The number of methoxy groups -OCH3 is 1. The number of nitrogens with two attached hydrogens (primary N) is 1. The number of pyridine rings is 1. The van der Waals surface area contributed by atoms with Crippen LogP contribution in [0.3, 0.4) is 0 Å². The number of hydrogen-bond donors (Lipinski definition) is 2. The Morgan fingerprint density at radius 3 is 2.45 bits per heavy atom.